The van der Waals surface area contributed by atoms with E-state index in [2.05, 4.69) is 52.4 Å². The van der Waals surface area contributed by atoms with Gasteiger partial charge in [-0.05, 0) is 37.5 Å². The summed E-state index contributed by atoms with van der Waals surface area (Å²) in [5.41, 5.74) is 1.33. The Kier molecular flexibility index (Phi) is 5.22. The molecule has 3 unspecified atom stereocenters. The van der Waals surface area contributed by atoms with E-state index < -0.39 is 0 Å². The zero-order chi connectivity index (χ0) is 13.0. The molecule has 0 bridgehead atoms. The topological polar surface area (TPSA) is 21.3 Å². The average Bonchev–Trinajstić information content (AvgIpc) is 2.40. The van der Waals surface area contributed by atoms with Crippen LogP contribution >= 0.6 is 15.9 Å². The van der Waals surface area contributed by atoms with Gasteiger partial charge in [0.25, 0.3) is 0 Å². The first-order valence-electron chi connectivity index (χ1n) is 6.75. The van der Waals surface area contributed by atoms with Gasteiger partial charge in [-0.3, -0.25) is 0 Å². The summed E-state index contributed by atoms with van der Waals surface area (Å²) >= 11 is 3.47. The zero-order valence-corrected chi connectivity index (χ0v) is 12.7. The molecule has 2 rings (SSSR count). The Morgan fingerprint density at radius 2 is 1.89 bits per heavy atom. The van der Waals surface area contributed by atoms with E-state index in [-0.39, 0.29) is 0 Å². The van der Waals surface area contributed by atoms with Gasteiger partial charge in [-0.25, -0.2) is 0 Å². The van der Waals surface area contributed by atoms with Crippen LogP contribution in [0.4, 0.5) is 0 Å². The van der Waals surface area contributed by atoms with Gasteiger partial charge >= 0.3 is 0 Å². The maximum Gasteiger partial charge on any atom is 0.0724 e. The standard InChI is InChI=1S/C15H22BrNO/c1-11(12-7-9-13(16)10-8-12)17-14-5-3-4-6-15(14)18-2/h7-11,14-15,17H,3-6H2,1-2H3. The summed E-state index contributed by atoms with van der Waals surface area (Å²) in [6, 6.07) is 9.41. The minimum atomic E-state index is 0.372. The molecule has 0 radical (unpaired) electrons. The molecular formula is C15H22BrNO. The van der Waals surface area contributed by atoms with Crippen LogP contribution in [0, 0.1) is 0 Å². The van der Waals surface area contributed by atoms with Crippen molar-refractivity contribution in [2.45, 2.75) is 50.8 Å². The van der Waals surface area contributed by atoms with Crippen molar-refractivity contribution in [3.8, 4) is 0 Å². The minimum absolute atomic E-state index is 0.372. The lowest BCUT2D eigenvalue weighted by molar-refractivity contribution is 0.0384. The highest BCUT2D eigenvalue weighted by molar-refractivity contribution is 9.10. The molecule has 18 heavy (non-hydrogen) atoms. The van der Waals surface area contributed by atoms with Gasteiger partial charge in [0.2, 0.25) is 0 Å². The van der Waals surface area contributed by atoms with E-state index in [1.54, 1.807) is 0 Å². The van der Waals surface area contributed by atoms with Gasteiger partial charge in [-0.1, -0.05) is 40.9 Å². The maximum atomic E-state index is 5.59. The van der Waals surface area contributed by atoms with Crippen molar-refractivity contribution in [1.82, 2.24) is 5.32 Å². The van der Waals surface area contributed by atoms with Gasteiger partial charge in [0.1, 0.15) is 0 Å². The summed E-state index contributed by atoms with van der Waals surface area (Å²) in [6.45, 7) is 2.23. The van der Waals surface area contributed by atoms with E-state index in [9.17, 15) is 0 Å². The molecule has 1 fully saturated rings. The second-order valence-electron chi connectivity index (χ2n) is 5.11. The number of rotatable bonds is 4. The molecule has 0 heterocycles. The molecular weight excluding hydrogens is 290 g/mol. The van der Waals surface area contributed by atoms with Crippen molar-refractivity contribution in [2.24, 2.45) is 0 Å². The molecule has 100 valence electrons. The van der Waals surface area contributed by atoms with Gasteiger partial charge in [0, 0.05) is 23.7 Å². The Hall–Kier alpha value is -0.380. The molecule has 1 saturated carbocycles. The normalized spacial score (nSPS) is 25.9. The van der Waals surface area contributed by atoms with Crippen molar-refractivity contribution >= 4 is 15.9 Å². The number of methoxy groups -OCH3 is 1. The molecule has 0 aliphatic heterocycles. The van der Waals surface area contributed by atoms with Crippen LogP contribution in [0.1, 0.15) is 44.2 Å². The summed E-state index contributed by atoms with van der Waals surface area (Å²) in [4.78, 5) is 0. The summed E-state index contributed by atoms with van der Waals surface area (Å²) in [7, 11) is 1.83. The number of halogens is 1. The monoisotopic (exact) mass is 311 g/mol. The van der Waals surface area contributed by atoms with E-state index in [0.29, 0.717) is 18.2 Å². The number of nitrogens with one attached hydrogen (secondary N) is 1. The first kappa shape index (κ1) is 14.0. The van der Waals surface area contributed by atoms with Crippen LogP contribution in [0.3, 0.4) is 0 Å². The molecule has 2 nitrogen and oxygen atoms in total. The van der Waals surface area contributed by atoms with Crippen LogP contribution in [-0.2, 0) is 4.74 Å². The van der Waals surface area contributed by atoms with E-state index in [1.165, 1.54) is 31.2 Å². The van der Waals surface area contributed by atoms with Crippen molar-refractivity contribution in [3.05, 3.63) is 34.3 Å². The van der Waals surface area contributed by atoms with Crippen LogP contribution in [0.2, 0.25) is 0 Å². The fraction of sp³-hybridized carbons (Fsp3) is 0.600. The third kappa shape index (κ3) is 3.56. The predicted octanol–water partition coefficient (Wildman–Crippen LogP) is 4.06. The number of benzene rings is 1. The van der Waals surface area contributed by atoms with Crippen LogP contribution in [0.25, 0.3) is 0 Å². The Morgan fingerprint density at radius 1 is 1.22 bits per heavy atom. The van der Waals surface area contributed by atoms with Crippen molar-refractivity contribution in [1.29, 1.82) is 0 Å². The molecule has 1 aromatic carbocycles. The predicted molar refractivity (Wildman–Crippen MR) is 78.7 cm³/mol. The summed E-state index contributed by atoms with van der Waals surface area (Å²) in [6.07, 6.45) is 5.38. The van der Waals surface area contributed by atoms with Crippen LogP contribution < -0.4 is 5.32 Å². The molecule has 1 aliphatic carbocycles. The average molecular weight is 312 g/mol. The second-order valence-corrected chi connectivity index (χ2v) is 6.02. The first-order chi connectivity index (χ1) is 8.70. The smallest absolute Gasteiger partial charge is 0.0724 e. The summed E-state index contributed by atoms with van der Waals surface area (Å²) < 4.78 is 6.72. The highest BCUT2D eigenvalue weighted by atomic mass is 79.9. The lowest BCUT2D eigenvalue weighted by atomic mass is 9.91. The highest BCUT2D eigenvalue weighted by Gasteiger charge is 2.25. The van der Waals surface area contributed by atoms with Crippen LogP contribution in [0.15, 0.2) is 28.7 Å². The molecule has 1 N–H and O–H groups in total. The van der Waals surface area contributed by atoms with Gasteiger partial charge in [-0.15, -0.1) is 0 Å². The number of ether oxygens (including phenoxy) is 1. The Morgan fingerprint density at radius 3 is 2.56 bits per heavy atom. The highest BCUT2D eigenvalue weighted by Crippen LogP contribution is 2.24. The van der Waals surface area contributed by atoms with Crippen LogP contribution in [-0.4, -0.2) is 19.3 Å². The Labute approximate surface area is 118 Å². The van der Waals surface area contributed by atoms with Crippen molar-refractivity contribution < 1.29 is 4.74 Å². The molecule has 3 atom stereocenters. The third-order valence-corrected chi connectivity index (χ3v) is 4.37. The van der Waals surface area contributed by atoms with Gasteiger partial charge in [-0.2, -0.15) is 0 Å². The quantitative estimate of drug-likeness (QED) is 0.905. The lowest BCUT2D eigenvalue weighted by Gasteiger charge is -2.33. The fourth-order valence-corrected chi connectivity index (χ4v) is 3.00. The molecule has 0 spiro atoms. The van der Waals surface area contributed by atoms with Gasteiger partial charge in [0.05, 0.1) is 6.10 Å². The third-order valence-electron chi connectivity index (χ3n) is 3.84. The maximum absolute atomic E-state index is 5.59. The van der Waals surface area contributed by atoms with Crippen LogP contribution in [0.5, 0.6) is 0 Å². The second kappa shape index (κ2) is 6.69. The van der Waals surface area contributed by atoms with Gasteiger partial charge < -0.3 is 10.1 Å². The molecule has 0 aromatic heterocycles. The molecule has 3 heteroatoms. The molecule has 0 amide bonds. The minimum Gasteiger partial charge on any atom is -0.380 e. The first-order valence-corrected chi connectivity index (χ1v) is 7.54. The van der Waals surface area contributed by atoms with Crippen molar-refractivity contribution in [3.63, 3.8) is 0 Å². The van der Waals surface area contributed by atoms with Crippen molar-refractivity contribution in [2.75, 3.05) is 7.11 Å². The summed E-state index contributed by atoms with van der Waals surface area (Å²) in [5, 5.41) is 3.72. The van der Waals surface area contributed by atoms with Gasteiger partial charge in [0.15, 0.2) is 0 Å². The lowest BCUT2D eigenvalue weighted by Crippen LogP contribution is -2.44. The number of hydrogen-bond donors (Lipinski definition) is 1. The largest absolute Gasteiger partial charge is 0.380 e. The molecule has 1 aliphatic rings. The van der Waals surface area contributed by atoms with E-state index in [4.69, 9.17) is 4.74 Å². The van der Waals surface area contributed by atoms with E-state index in [1.807, 2.05) is 7.11 Å². The Bertz CT molecular complexity index is 365. The van der Waals surface area contributed by atoms with E-state index >= 15 is 0 Å². The Balaban J connectivity index is 1.97. The molecule has 0 saturated heterocycles. The fourth-order valence-electron chi connectivity index (χ4n) is 2.74. The number of hydrogen-bond acceptors (Lipinski definition) is 2. The summed E-state index contributed by atoms with van der Waals surface area (Å²) in [5.74, 6) is 0. The molecule has 1 aromatic rings. The SMILES string of the molecule is COC1CCCCC1NC(C)c1ccc(Br)cc1. The zero-order valence-electron chi connectivity index (χ0n) is 11.2. The van der Waals surface area contributed by atoms with E-state index in [0.717, 1.165) is 4.47 Å².